The molecule has 0 saturated carbocycles. The summed E-state index contributed by atoms with van der Waals surface area (Å²) in [6.07, 6.45) is 0. The molecular formula is C17H18O4. The quantitative estimate of drug-likeness (QED) is 0.913. The normalized spacial score (nSPS) is 11.8. The van der Waals surface area contributed by atoms with Crippen LogP contribution in [0.5, 0.6) is 11.5 Å². The minimum atomic E-state index is -0.843. The van der Waals surface area contributed by atoms with Crippen LogP contribution in [0.3, 0.4) is 0 Å². The maximum absolute atomic E-state index is 11.1. The predicted octanol–water partition coefficient (Wildman–Crippen LogP) is 3.56. The SMILES string of the molecule is COc1ccc(OC)c(-c2cccc(C(C)C(=O)O)c2)c1. The molecule has 0 fully saturated rings. The van der Waals surface area contributed by atoms with Gasteiger partial charge in [0.2, 0.25) is 0 Å². The zero-order valence-electron chi connectivity index (χ0n) is 12.3. The second-order valence-electron chi connectivity index (χ2n) is 4.75. The maximum Gasteiger partial charge on any atom is 0.310 e. The Bertz CT molecular complexity index is 649. The molecule has 0 spiro atoms. The molecule has 0 aromatic heterocycles. The van der Waals surface area contributed by atoms with E-state index < -0.39 is 11.9 Å². The highest BCUT2D eigenvalue weighted by Crippen LogP contribution is 2.34. The second-order valence-corrected chi connectivity index (χ2v) is 4.75. The molecule has 1 unspecified atom stereocenters. The van der Waals surface area contributed by atoms with E-state index in [9.17, 15) is 4.79 Å². The van der Waals surface area contributed by atoms with Gasteiger partial charge in [-0.15, -0.1) is 0 Å². The van der Waals surface area contributed by atoms with E-state index in [2.05, 4.69) is 0 Å². The number of carbonyl (C=O) groups is 1. The highest BCUT2D eigenvalue weighted by molar-refractivity contribution is 5.78. The van der Waals surface area contributed by atoms with Crippen LogP contribution in [-0.2, 0) is 4.79 Å². The average Bonchev–Trinajstić information content (AvgIpc) is 2.53. The summed E-state index contributed by atoms with van der Waals surface area (Å²) in [7, 11) is 3.21. The Balaban J connectivity index is 2.51. The molecule has 4 nitrogen and oxygen atoms in total. The Morgan fingerprint density at radius 3 is 2.48 bits per heavy atom. The molecule has 0 radical (unpaired) electrons. The third-order valence-electron chi connectivity index (χ3n) is 3.47. The summed E-state index contributed by atoms with van der Waals surface area (Å²) in [6.45, 7) is 1.67. The monoisotopic (exact) mass is 286 g/mol. The van der Waals surface area contributed by atoms with Crippen LogP contribution in [0.2, 0.25) is 0 Å². The van der Waals surface area contributed by atoms with Crippen molar-refractivity contribution in [2.45, 2.75) is 12.8 Å². The molecule has 0 heterocycles. The Morgan fingerprint density at radius 2 is 1.86 bits per heavy atom. The number of hydrogen-bond acceptors (Lipinski definition) is 3. The molecule has 1 N–H and O–H groups in total. The third-order valence-corrected chi connectivity index (χ3v) is 3.47. The number of rotatable bonds is 5. The lowest BCUT2D eigenvalue weighted by Gasteiger charge is -2.13. The summed E-state index contributed by atoms with van der Waals surface area (Å²) in [5.41, 5.74) is 2.53. The second kappa shape index (κ2) is 6.31. The van der Waals surface area contributed by atoms with Gasteiger partial charge in [0.05, 0.1) is 20.1 Å². The molecule has 0 aliphatic carbocycles. The van der Waals surface area contributed by atoms with Crippen molar-refractivity contribution >= 4 is 5.97 Å². The largest absolute Gasteiger partial charge is 0.497 e. The third kappa shape index (κ3) is 3.16. The molecule has 2 rings (SSSR count). The van der Waals surface area contributed by atoms with E-state index >= 15 is 0 Å². The van der Waals surface area contributed by atoms with Crippen molar-refractivity contribution in [3.05, 3.63) is 48.0 Å². The Kier molecular flexibility index (Phi) is 4.48. The number of hydrogen-bond donors (Lipinski definition) is 1. The van der Waals surface area contributed by atoms with Gasteiger partial charge in [-0.25, -0.2) is 0 Å². The molecule has 1 atom stereocenters. The number of carboxylic acids is 1. The fraction of sp³-hybridized carbons (Fsp3) is 0.235. The lowest BCUT2D eigenvalue weighted by atomic mass is 9.96. The van der Waals surface area contributed by atoms with Gasteiger partial charge in [-0.05, 0) is 36.2 Å². The fourth-order valence-electron chi connectivity index (χ4n) is 2.16. The molecule has 21 heavy (non-hydrogen) atoms. The first kappa shape index (κ1) is 14.9. The molecular weight excluding hydrogens is 268 g/mol. The smallest absolute Gasteiger partial charge is 0.310 e. The van der Waals surface area contributed by atoms with Gasteiger partial charge in [0.15, 0.2) is 0 Å². The molecule has 0 aliphatic rings. The molecule has 0 amide bonds. The molecule has 2 aromatic carbocycles. The van der Waals surface area contributed by atoms with Crippen LogP contribution in [0.15, 0.2) is 42.5 Å². The van der Waals surface area contributed by atoms with Crippen LogP contribution < -0.4 is 9.47 Å². The van der Waals surface area contributed by atoms with Crippen LogP contribution in [0, 0.1) is 0 Å². The van der Waals surface area contributed by atoms with Crippen molar-refractivity contribution in [3.8, 4) is 22.6 Å². The molecule has 2 aromatic rings. The van der Waals surface area contributed by atoms with Crippen molar-refractivity contribution in [2.75, 3.05) is 14.2 Å². The molecule has 110 valence electrons. The Labute approximate surface area is 123 Å². The zero-order valence-corrected chi connectivity index (χ0v) is 12.3. The number of ether oxygens (including phenoxy) is 2. The first-order chi connectivity index (χ1) is 10.1. The fourth-order valence-corrected chi connectivity index (χ4v) is 2.16. The van der Waals surface area contributed by atoms with Crippen molar-refractivity contribution < 1.29 is 19.4 Å². The van der Waals surface area contributed by atoms with Crippen LogP contribution in [0.4, 0.5) is 0 Å². The zero-order chi connectivity index (χ0) is 15.4. The van der Waals surface area contributed by atoms with E-state index in [1.807, 2.05) is 42.5 Å². The molecule has 0 bridgehead atoms. The van der Waals surface area contributed by atoms with E-state index in [0.29, 0.717) is 0 Å². The molecule has 0 saturated heterocycles. The van der Waals surface area contributed by atoms with Crippen molar-refractivity contribution in [1.29, 1.82) is 0 Å². The van der Waals surface area contributed by atoms with Gasteiger partial charge in [-0.3, -0.25) is 4.79 Å². The van der Waals surface area contributed by atoms with Gasteiger partial charge < -0.3 is 14.6 Å². The lowest BCUT2D eigenvalue weighted by Crippen LogP contribution is -2.07. The Morgan fingerprint density at radius 1 is 1.10 bits per heavy atom. The summed E-state index contributed by atoms with van der Waals surface area (Å²) < 4.78 is 10.6. The summed E-state index contributed by atoms with van der Waals surface area (Å²) in [6, 6.07) is 13.0. The summed E-state index contributed by atoms with van der Waals surface area (Å²) in [5, 5.41) is 9.14. The summed E-state index contributed by atoms with van der Waals surface area (Å²) >= 11 is 0. The van der Waals surface area contributed by atoms with Crippen LogP contribution in [-0.4, -0.2) is 25.3 Å². The maximum atomic E-state index is 11.1. The van der Waals surface area contributed by atoms with Gasteiger partial charge >= 0.3 is 5.97 Å². The lowest BCUT2D eigenvalue weighted by molar-refractivity contribution is -0.138. The van der Waals surface area contributed by atoms with E-state index in [0.717, 1.165) is 28.2 Å². The summed E-state index contributed by atoms with van der Waals surface area (Å²) in [5.74, 6) is 0.0460. The van der Waals surface area contributed by atoms with Crippen molar-refractivity contribution in [3.63, 3.8) is 0 Å². The average molecular weight is 286 g/mol. The van der Waals surface area contributed by atoms with E-state index in [1.54, 1.807) is 21.1 Å². The van der Waals surface area contributed by atoms with Gasteiger partial charge in [-0.1, -0.05) is 24.3 Å². The highest BCUT2D eigenvalue weighted by atomic mass is 16.5. The number of benzene rings is 2. The van der Waals surface area contributed by atoms with Gasteiger partial charge in [0.1, 0.15) is 11.5 Å². The Hall–Kier alpha value is -2.49. The topological polar surface area (TPSA) is 55.8 Å². The first-order valence-corrected chi connectivity index (χ1v) is 6.62. The predicted molar refractivity (Wildman–Crippen MR) is 81.0 cm³/mol. The van der Waals surface area contributed by atoms with E-state index in [1.165, 1.54) is 0 Å². The number of carboxylic acid groups (broad SMARTS) is 1. The summed E-state index contributed by atoms with van der Waals surface area (Å²) in [4.78, 5) is 11.1. The van der Waals surface area contributed by atoms with Crippen LogP contribution in [0.25, 0.3) is 11.1 Å². The van der Waals surface area contributed by atoms with E-state index in [-0.39, 0.29) is 0 Å². The molecule has 4 heteroatoms. The minimum absolute atomic E-state index is 0.554. The van der Waals surface area contributed by atoms with Crippen molar-refractivity contribution in [2.24, 2.45) is 0 Å². The number of aliphatic carboxylic acids is 1. The van der Waals surface area contributed by atoms with Crippen molar-refractivity contribution in [1.82, 2.24) is 0 Å². The molecule has 0 aliphatic heterocycles. The van der Waals surface area contributed by atoms with Gasteiger partial charge in [-0.2, -0.15) is 0 Å². The van der Waals surface area contributed by atoms with E-state index in [4.69, 9.17) is 14.6 Å². The minimum Gasteiger partial charge on any atom is -0.497 e. The first-order valence-electron chi connectivity index (χ1n) is 6.62. The standard InChI is InChI=1S/C17H18O4/c1-11(17(18)19)12-5-4-6-13(9-12)15-10-14(20-2)7-8-16(15)21-3/h4-11H,1-3H3,(H,18,19). The van der Waals surface area contributed by atoms with Crippen LogP contribution >= 0.6 is 0 Å². The number of methoxy groups -OCH3 is 2. The van der Waals surface area contributed by atoms with Crippen LogP contribution in [0.1, 0.15) is 18.4 Å². The highest BCUT2D eigenvalue weighted by Gasteiger charge is 2.15. The van der Waals surface area contributed by atoms with Gasteiger partial charge in [0, 0.05) is 5.56 Å². The van der Waals surface area contributed by atoms with Gasteiger partial charge in [0.25, 0.3) is 0 Å².